The number of nitrogens with one attached hydrogen (secondary N) is 1. The van der Waals surface area contributed by atoms with Gasteiger partial charge in [0, 0.05) is 22.5 Å². The molecule has 4 nitrogen and oxygen atoms in total. The van der Waals surface area contributed by atoms with E-state index in [1.165, 1.54) is 0 Å². The average Bonchev–Trinajstić information content (AvgIpc) is 2.27. The van der Waals surface area contributed by atoms with Gasteiger partial charge in [-0.1, -0.05) is 11.6 Å². The van der Waals surface area contributed by atoms with Crippen LogP contribution in [0.25, 0.3) is 0 Å². The summed E-state index contributed by atoms with van der Waals surface area (Å²) in [7, 11) is 0. The fourth-order valence-electron chi connectivity index (χ4n) is 1.48. The van der Waals surface area contributed by atoms with Crippen LogP contribution in [0.1, 0.15) is 11.5 Å². The van der Waals surface area contributed by atoms with Gasteiger partial charge in [0.1, 0.15) is 11.6 Å². The number of benzene rings is 1. The lowest BCUT2D eigenvalue weighted by molar-refractivity contribution is 0.931. The molecule has 0 bridgehead atoms. The van der Waals surface area contributed by atoms with Crippen LogP contribution in [0.2, 0.25) is 5.02 Å². The first-order valence-corrected chi connectivity index (χ1v) is 5.61. The Balaban J connectivity index is 2.04. The van der Waals surface area contributed by atoms with E-state index in [-0.39, 0.29) is 0 Å². The summed E-state index contributed by atoms with van der Waals surface area (Å²) in [4.78, 5) is 8.43. The third-order valence-corrected chi connectivity index (χ3v) is 2.47. The molecule has 3 N–H and O–H groups in total. The number of nitrogen functional groups attached to an aromatic ring is 1. The molecule has 0 atom stereocenters. The smallest absolute Gasteiger partial charge is 0.149 e. The third-order valence-electron chi connectivity index (χ3n) is 2.22. The SMILES string of the molecule is Cc1cc(N)nc(CNc2ccc(Cl)cc2)n1. The van der Waals surface area contributed by atoms with Crippen LogP contribution in [0.5, 0.6) is 0 Å². The highest BCUT2D eigenvalue weighted by atomic mass is 35.5. The molecule has 2 aromatic rings. The number of aromatic nitrogens is 2. The van der Waals surface area contributed by atoms with E-state index in [9.17, 15) is 0 Å². The van der Waals surface area contributed by atoms with Crippen molar-refractivity contribution in [2.75, 3.05) is 11.1 Å². The van der Waals surface area contributed by atoms with E-state index >= 15 is 0 Å². The number of rotatable bonds is 3. The van der Waals surface area contributed by atoms with E-state index in [2.05, 4.69) is 15.3 Å². The molecule has 88 valence electrons. The van der Waals surface area contributed by atoms with Crippen molar-refractivity contribution in [3.8, 4) is 0 Å². The Morgan fingerprint density at radius 2 is 1.94 bits per heavy atom. The van der Waals surface area contributed by atoms with Crippen molar-refractivity contribution in [1.82, 2.24) is 9.97 Å². The summed E-state index contributed by atoms with van der Waals surface area (Å²) >= 11 is 5.80. The first-order valence-electron chi connectivity index (χ1n) is 5.23. The van der Waals surface area contributed by atoms with Gasteiger partial charge in [0.2, 0.25) is 0 Å². The number of halogens is 1. The van der Waals surface area contributed by atoms with Crippen molar-refractivity contribution in [2.24, 2.45) is 0 Å². The van der Waals surface area contributed by atoms with Crippen molar-refractivity contribution in [3.05, 3.63) is 46.9 Å². The van der Waals surface area contributed by atoms with Gasteiger partial charge in [0.15, 0.2) is 0 Å². The van der Waals surface area contributed by atoms with Crippen molar-refractivity contribution < 1.29 is 0 Å². The molecule has 0 aliphatic heterocycles. The van der Waals surface area contributed by atoms with Gasteiger partial charge in [-0.05, 0) is 31.2 Å². The van der Waals surface area contributed by atoms with E-state index in [0.717, 1.165) is 11.4 Å². The summed E-state index contributed by atoms with van der Waals surface area (Å²) in [5.74, 6) is 1.17. The van der Waals surface area contributed by atoms with Crippen LogP contribution in [-0.4, -0.2) is 9.97 Å². The summed E-state index contributed by atoms with van der Waals surface area (Å²) in [6, 6.07) is 9.21. The second-order valence-electron chi connectivity index (χ2n) is 3.71. The van der Waals surface area contributed by atoms with E-state index in [1.54, 1.807) is 6.07 Å². The summed E-state index contributed by atoms with van der Waals surface area (Å²) in [6.45, 7) is 2.43. The summed E-state index contributed by atoms with van der Waals surface area (Å²) < 4.78 is 0. The highest BCUT2D eigenvalue weighted by molar-refractivity contribution is 6.30. The molecular formula is C12H13ClN4. The topological polar surface area (TPSA) is 63.8 Å². The van der Waals surface area contributed by atoms with E-state index in [1.807, 2.05) is 31.2 Å². The van der Waals surface area contributed by atoms with Crippen molar-refractivity contribution in [2.45, 2.75) is 13.5 Å². The van der Waals surface area contributed by atoms with Crippen molar-refractivity contribution in [3.63, 3.8) is 0 Å². The Hall–Kier alpha value is -1.81. The number of anilines is 2. The standard InChI is InChI=1S/C12H13ClN4/c1-8-6-11(14)17-12(16-8)7-15-10-4-2-9(13)3-5-10/h2-6,15H,7H2,1H3,(H2,14,16,17). The molecule has 0 aliphatic carbocycles. The zero-order valence-electron chi connectivity index (χ0n) is 9.44. The monoisotopic (exact) mass is 248 g/mol. The van der Waals surface area contributed by atoms with Crippen LogP contribution in [0.15, 0.2) is 30.3 Å². The molecule has 1 heterocycles. The average molecular weight is 249 g/mol. The van der Waals surface area contributed by atoms with Gasteiger partial charge in [-0.3, -0.25) is 0 Å². The minimum absolute atomic E-state index is 0.491. The second kappa shape index (κ2) is 5.01. The first kappa shape index (κ1) is 11.7. The zero-order chi connectivity index (χ0) is 12.3. The Bertz CT molecular complexity index is 490. The van der Waals surface area contributed by atoms with Crippen LogP contribution in [-0.2, 0) is 6.54 Å². The molecule has 0 unspecified atom stereocenters. The minimum atomic E-state index is 0.491. The number of aryl methyl sites for hydroxylation is 1. The van der Waals surface area contributed by atoms with E-state index < -0.39 is 0 Å². The number of hydrogen-bond acceptors (Lipinski definition) is 4. The molecule has 17 heavy (non-hydrogen) atoms. The number of nitrogens with two attached hydrogens (primary N) is 1. The van der Waals surface area contributed by atoms with Gasteiger partial charge in [-0.15, -0.1) is 0 Å². The predicted octanol–water partition coefficient (Wildman–Crippen LogP) is 2.63. The molecule has 0 amide bonds. The van der Waals surface area contributed by atoms with Gasteiger partial charge in [-0.25, -0.2) is 9.97 Å². The molecule has 5 heteroatoms. The summed E-state index contributed by atoms with van der Waals surface area (Å²) in [6.07, 6.45) is 0. The first-order chi connectivity index (χ1) is 8.13. The third kappa shape index (κ3) is 3.32. The minimum Gasteiger partial charge on any atom is -0.384 e. The van der Waals surface area contributed by atoms with Crippen molar-refractivity contribution >= 4 is 23.1 Å². The van der Waals surface area contributed by atoms with Crippen LogP contribution in [0.3, 0.4) is 0 Å². The molecule has 1 aromatic heterocycles. The van der Waals surface area contributed by atoms with Gasteiger partial charge >= 0.3 is 0 Å². The largest absolute Gasteiger partial charge is 0.384 e. The lowest BCUT2D eigenvalue weighted by atomic mass is 10.3. The van der Waals surface area contributed by atoms with Gasteiger partial charge in [-0.2, -0.15) is 0 Å². The van der Waals surface area contributed by atoms with E-state index in [4.69, 9.17) is 17.3 Å². The molecule has 0 aliphatic rings. The fourth-order valence-corrected chi connectivity index (χ4v) is 1.61. The Morgan fingerprint density at radius 1 is 1.24 bits per heavy atom. The molecule has 0 spiro atoms. The van der Waals surface area contributed by atoms with Crippen LogP contribution in [0.4, 0.5) is 11.5 Å². The molecule has 0 saturated heterocycles. The Morgan fingerprint density at radius 3 is 2.59 bits per heavy atom. The molecule has 2 rings (SSSR count). The Labute approximate surface area is 105 Å². The van der Waals surface area contributed by atoms with Crippen LogP contribution >= 0.6 is 11.6 Å². The van der Waals surface area contributed by atoms with E-state index in [0.29, 0.717) is 23.2 Å². The molecule has 0 radical (unpaired) electrons. The Kier molecular flexibility index (Phi) is 3.44. The highest BCUT2D eigenvalue weighted by Gasteiger charge is 2.00. The summed E-state index contributed by atoms with van der Waals surface area (Å²) in [5, 5.41) is 3.92. The number of nitrogens with zero attached hydrogens (tertiary/aromatic N) is 2. The maximum atomic E-state index is 5.80. The van der Waals surface area contributed by atoms with Crippen LogP contribution in [0, 0.1) is 6.92 Å². The van der Waals surface area contributed by atoms with Crippen molar-refractivity contribution in [1.29, 1.82) is 0 Å². The molecule has 1 aromatic carbocycles. The quantitative estimate of drug-likeness (QED) is 0.877. The second-order valence-corrected chi connectivity index (χ2v) is 4.15. The molecule has 0 fully saturated rings. The number of hydrogen-bond donors (Lipinski definition) is 2. The lowest BCUT2D eigenvalue weighted by Crippen LogP contribution is -2.07. The van der Waals surface area contributed by atoms with Gasteiger partial charge < -0.3 is 11.1 Å². The summed E-state index contributed by atoms with van der Waals surface area (Å²) in [5.41, 5.74) is 7.49. The lowest BCUT2D eigenvalue weighted by Gasteiger charge is -2.06. The molecular weight excluding hydrogens is 236 g/mol. The predicted molar refractivity (Wildman–Crippen MR) is 70.0 cm³/mol. The fraction of sp³-hybridized carbons (Fsp3) is 0.167. The maximum Gasteiger partial charge on any atom is 0.149 e. The van der Waals surface area contributed by atoms with Gasteiger partial charge in [0.05, 0.1) is 6.54 Å². The zero-order valence-corrected chi connectivity index (χ0v) is 10.2. The normalized spacial score (nSPS) is 10.2. The van der Waals surface area contributed by atoms with Gasteiger partial charge in [0.25, 0.3) is 0 Å². The maximum absolute atomic E-state index is 5.80. The highest BCUT2D eigenvalue weighted by Crippen LogP contribution is 2.14. The molecule has 0 saturated carbocycles. The van der Waals surface area contributed by atoms with Crippen LogP contribution < -0.4 is 11.1 Å².